The van der Waals surface area contributed by atoms with Crippen LogP contribution in [0.2, 0.25) is 0 Å². The highest BCUT2D eigenvalue weighted by molar-refractivity contribution is 6.24. The fourth-order valence-corrected chi connectivity index (χ4v) is 5.61. The number of nitrogens with one attached hydrogen (secondary N) is 1. The molecule has 0 bridgehead atoms. The van der Waals surface area contributed by atoms with Crippen LogP contribution in [0.4, 0.5) is 0 Å². The van der Waals surface area contributed by atoms with E-state index in [0.717, 1.165) is 0 Å². The number of carbonyl (C=O) groups is 3. The van der Waals surface area contributed by atoms with E-state index in [1.54, 1.807) is 12.1 Å². The Labute approximate surface area is 177 Å². The molecular formula is C22H24N2O7. The van der Waals surface area contributed by atoms with Crippen LogP contribution in [0, 0.1) is 11.8 Å². The zero-order valence-electron chi connectivity index (χ0n) is 17.0. The van der Waals surface area contributed by atoms with Gasteiger partial charge in [-0.2, -0.15) is 0 Å². The molecule has 164 valence electrons. The van der Waals surface area contributed by atoms with Crippen molar-refractivity contribution in [3.8, 4) is 5.75 Å². The molecule has 1 fully saturated rings. The molecule has 9 nitrogen and oxygen atoms in total. The van der Waals surface area contributed by atoms with E-state index in [0.29, 0.717) is 12.0 Å². The third-order valence-corrected chi connectivity index (χ3v) is 6.98. The summed E-state index contributed by atoms with van der Waals surface area (Å²) in [7, 11) is 1.45. The van der Waals surface area contributed by atoms with Crippen LogP contribution < -0.4 is 11.1 Å². The molecule has 1 saturated carbocycles. The van der Waals surface area contributed by atoms with E-state index in [1.165, 1.54) is 13.1 Å². The summed E-state index contributed by atoms with van der Waals surface area (Å²) in [5, 5.41) is 46.2. The predicted molar refractivity (Wildman–Crippen MR) is 109 cm³/mol. The van der Waals surface area contributed by atoms with Gasteiger partial charge in [0.1, 0.15) is 22.8 Å². The standard InChI is InChI=1S/C22H24N2O7/c1-3-8-9-5-4-6-12(25)13(9)17(26)14-10(8)7-11-16(24-2)18(27)15(21(23)30)20(29)22(11,31)19(14)28/h4-6,8,10-11,16,24-26,29,31H,3,7H2,1-2H3,(H2,23,30)/t8-,10+,11-,16-,22-/m0/s1. The third kappa shape index (κ3) is 2.53. The Bertz CT molecular complexity index is 1090. The van der Waals surface area contributed by atoms with Gasteiger partial charge in [0.15, 0.2) is 11.4 Å². The molecule has 0 aromatic heterocycles. The molecule has 1 aromatic carbocycles. The highest BCUT2D eigenvalue weighted by Gasteiger charge is 2.64. The van der Waals surface area contributed by atoms with Crippen molar-refractivity contribution in [1.82, 2.24) is 5.32 Å². The molecule has 0 heterocycles. The molecule has 0 unspecified atom stereocenters. The Balaban J connectivity index is 2.01. The van der Waals surface area contributed by atoms with Crippen LogP contribution in [-0.4, -0.2) is 56.6 Å². The van der Waals surface area contributed by atoms with Crippen molar-refractivity contribution in [1.29, 1.82) is 0 Å². The van der Waals surface area contributed by atoms with Gasteiger partial charge in [-0.3, -0.25) is 14.4 Å². The summed E-state index contributed by atoms with van der Waals surface area (Å²) < 4.78 is 0. The van der Waals surface area contributed by atoms with Gasteiger partial charge in [-0.25, -0.2) is 0 Å². The van der Waals surface area contributed by atoms with Gasteiger partial charge in [-0.1, -0.05) is 19.1 Å². The Morgan fingerprint density at radius 1 is 1.26 bits per heavy atom. The number of likely N-dealkylation sites (N-methyl/N-ethyl adjacent to an activating group) is 1. The van der Waals surface area contributed by atoms with Crippen LogP contribution in [-0.2, 0) is 14.4 Å². The van der Waals surface area contributed by atoms with Crippen molar-refractivity contribution in [2.45, 2.75) is 37.3 Å². The van der Waals surface area contributed by atoms with Crippen molar-refractivity contribution in [3.05, 3.63) is 46.2 Å². The lowest BCUT2D eigenvalue weighted by molar-refractivity contribution is -0.150. The topological polar surface area (TPSA) is 170 Å². The molecule has 0 spiro atoms. The van der Waals surface area contributed by atoms with Gasteiger partial charge >= 0.3 is 0 Å². The molecule has 0 saturated heterocycles. The Kier molecular flexibility index (Phi) is 4.71. The monoisotopic (exact) mass is 428 g/mol. The van der Waals surface area contributed by atoms with Crippen LogP contribution in [0.25, 0.3) is 5.76 Å². The number of aliphatic hydroxyl groups excluding tert-OH is 2. The van der Waals surface area contributed by atoms with Gasteiger partial charge in [0.2, 0.25) is 5.78 Å². The quantitative estimate of drug-likeness (QED) is 0.380. The van der Waals surface area contributed by atoms with Crippen molar-refractivity contribution < 1.29 is 34.8 Å². The first kappa shape index (κ1) is 21.1. The maximum absolute atomic E-state index is 13.6. The number of phenols is 1. The van der Waals surface area contributed by atoms with Gasteiger partial charge in [0.05, 0.1) is 11.6 Å². The minimum atomic E-state index is -2.62. The number of aromatic hydroxyl groups is 1. The van der Waals surface area contributed by atoms with E-state index in [4.69, 9.17) is 5.73 Å². The first-order valence-electron chi connectivity index (χ1n) is 10.1. The molecule has 4 rings (SSSR count). The second-order valence-electron chi connectivity index (χ2n) is 8.28. The normalized spacial score (nSPS) is 32.5. The molecule has 1 aromatic rings. The number of benzene rings is 1. The molecule has 3 aliphatic carbocycles. The molecule has 1 amide bonds. The number of hydrogen-bond acceptors (Lipinski definition) is 8. The molecule has 3 aliphatic rings. The summed E-state index contributed by atoms with van der Waals surface area (Å²) in [5.74, 6) is -6.80. The number of rotatable bonds is 3. The van der Waals surface area contributed by atoms with Crippen molar-refractivity contribution >= 4 is 23.2 Å². The number of aliphatic hydroxyl groups is 3. The predicted octanol–water partition coefficient (Wildman–Crippen LogP) is 0.573. The number of hydrogen-bond donors (Lipinski definition) is 6. The lowest BCUT2D eigenvalue weighted by atomic mass is 9.55. The van der Waals surface area contributed by atoms with Gasteiger partial charge in [-0.05, 0) is 43.4 Å². The zero-order chi connectivity index (χ0) is 22.8. The molecule has 0 radical (unpaired) electrons. The smallest absolute Gasteiger partial charge is 0.255 e. The lowest BCUT2D eigenvalue weighted by Gasteiger charge is -2.50. The number of carbonyl (C=O) groups excluding carboxylic acids is 3. The zero-order valence-corrected chi connectivity index (χ0v) is 17.0. The van der Waals surface area contributed by atoms with Gasteiger partial charge in [0.25, 0.3) is 5.91 Å². The van der Waals surface area contributed by atoms with Gasteiger partial charge < -0.3 is 31.5 Å². The van der Waals surface area contributed by atoms with Crippen LogP contribution >= 0.6 is 0 Å². The van der Waals surface area contributed by atoms with E-state index >= 15 is 0 Å². The molecule has 31 heavy (non-hydrogen) atoms. The average molecular weight is 428 g/mol. The number of nitrogens with two attached hydrogens (primary N) is 1. The van der Waals surface area contributed by atoms with E-state index in [2.05, 4.69) is 5.32 Å². The molecule has 7 N–H and O–H groups in total. The summed E-state index contributed by atoms with van der Waals surface area (Å²) in [6, 6.07) is 3.64. The molecule has 0 aliphatic heterocycles. The molecular weight excluding hydrogens is 404 g/mol. The van der Waals surface area contributed by atoms with E-state index < -0.39 is 58.0 Å². The highest BCUT2D eigenvalue weighted by Crippen LogP contribution is 2.56. The lowest BCUT2D eigenvalue weighted by Crippen LogP contribution is -2.65. The Hall–Kier alpha value is -3.17. The summed E-state index contributed by atoms with van der Waals surface area (Å²) >= 11 is 0. The maximum atomic E-state index is 13.6. The first-order valence-corrected chi connectivity index (χ1v) is 10.1. The average Bonchev–Trinajstić information content (AvgIpc) is 2.71. The van der Waals surface area contributed by atoms with E-state index in [9.17, 15) is 34.8 Å². The van der Waals surface area contributed by atoms with Crippen LogP contribution in [0.1, 0.15) is 36.8 Å². The fraction of sp³-hybridized carbons (Fsp3) is 0.409. The number of amides is 1. The molecule has 9 heteroatoms. The third-order valence-electron chi connectivity index (χ3n) is 6.98. The highest BCUT2D eigenvalue weighted by atomic mass is 16.3. The minimum Gasteiger partial charge on any atom is -0.508 e. The van der Waals surface area contributed by atoms with Crippen molar-refractivity contribution in [2.24, 2.45) is 17.6 Å². The van der Waals surface area contributed by atoms with Crippen molar-refractivity contribution in [3.63, 3.8) is 0 Å². The van der Waals surface area contributed by atoms with Gasteiger partial charge in [0, 0.05) is 11.5 Å². The van der Waals surface area contributed by atoms with Crippen LogP contribution in [0.15, 0.2) is 35.1 Å². The van der Waals surface area contributed by atoms with Crippen LogP contribution in [0.3, 0.4) is 0 Å². The number of Topliss-reactive ketones (excluding diaryl/α,β-unsaturated/α-hetero) is 2. The minimum absolute atomic E-state index is 0.0720. The summed E-state index contributed by atoms with van der Waals surface area (Å²) in [5.41, 5.74) is 2.42. The summed E-state index contributed by atoms with van der Waals surface area (Å²) in [6.45, 7) is 1.90. The second-order valence-corrected chi connectivity index (χ2v) is 8.28. The van der Waals surface area contributed by atoms with Crippen LogP contribution in [0.5, 0.6) is 5.75 Å². The number of phenolic OH excluding ortho intramolecular Hbond substituents is 1. The van der Waals surface area contributed by atoms with E-state index in [1.807, 2.05) is 6.92 Å². The van der Waals surface area contributed by atoms with Gasteiger partial charge in [-0.15, -0.1) is 0 Å². The Morgan fingerprint density at radius 2 is 1.94 bits per heavy atom. The SMILES string of the molecule is CC[C@H]1c2cccc(O)c2C(O)=C2C(=O)[C@]3(O)C(O)=C(C(N)=O)C(=O)[C@@H](NC)[C@@H]3C[C@@H]21. The fourth-order valence-electron chi connectivity index (χ4n) is 5.61. The summed E-state index contributed by atoms with van der Waals surface area (Å²) in [4.78, 5) is 38.3. The number of primary amides is 1. The van der Waals surface area contributed by atoms with Crippen molar-refractivity contribution in [2.75, 3.05) is 7.05 Å². The number of fused-ring (bicyclic) bond motifs is 3. The number of ketones is 2. The first-order chi connectivity index (χ1) is 14.6. The summed E-state index contributed by atoms with van der Waals surface area (Å²) in [6.07, 6.45) is 0.630. The largest absolute Gasteiger partial charge is 0.508 e. The van der Waals surface area contributed by atoms with E-state index in [-0.39, 0.29) is 29.2 Å². The maximum Gasteiger partial charge on any atom is 0.255 e. The Morgan fingerprint density at radius 3 is 2.52 bits per heavy atom. The second kappa shape index (κ2) is 6.93. The molecule has 5 atom stereocenters.